The molecule has 0 saturated heterocycles. The van der Waals surface area contributed by atoms with Gasteiger partial charge in [-0.1, -0.05) is 26.0 Å². The van der Waals surface area contributed by atoms with Gasteiger partial charge in [0.2, 0.25) is 5.91 Å². The van der Waals surface area contributed by atoms with Crippen molar-refractivity contribution < 1.29 is 4.79 Å². The topological polar surface area (TPSA) is 54.0 Å². The van der Waals surface area contributed by atoms with Gasteiger partial charge in [-0.05, 0) is 43.2 Å². The molecule has 2 aromatic rings. The fourth-order valence-corrected chi connectivity index (χ4v) is 1.84. The highest BCUT2D eigenvalue weighted by molar-refractivity contribution is 5.91. The van der Waals surface area contributed by atoms with E-state index in [2.05, 4.69) is 47.7 Å². The Kier molecular flexibility index (Phi) is 4.58. The van der Waals surface area contributed by atoms with Crippen molar-refractivity contribution in [3.05, 3.63) is 47.7 Å². The highest BCUT2D eigenvalue weighted by Crippen LogP contribution is 2.22. The van der Waals surface area contributed by atoms with E-state index in [4.69, 9.17) is 0 Å². The van der Waals surface area contributed by atoms with Crippen LogP contribution in [0, 0.1) is 19.8 Å². The molecule has 0 radical (unpaired) electrons. The van der Waals surface area contributed by atoms with E-state index in [1.807, 2.05) is 19.9 Å². The van der Waals surface area contributed by atoms with Gasteiger partial charge >= 0.3 is 0 Å². The molecule has 0 unspecified atom stereocenters. The Bertz CT molecular complexity index is 633. The predicted octanol–water partition coefficient (Wildman–Crippen LogP) is 4.04. The normalized spacial score (nSPS) is 10.5. The Labute approximate surface area is 125 Å². The van der Waals surface area contributed by atoms with Gasteiger partial charge in [0.25, 0.3) is 0 Å². The second-order valence-electron chi connectivity index (χ2n) is 5.52. The Morgan fingerprint density at radius 2 is 1.90 bits per heavy atom. The molecule has 0 fully saturated rings. The first-order valence-electron chi connectivity index (χ1n) is 7.07. The highest BCUT2D eigenvalue weighted by Gasteiger charge is 2.07. The van der Waals surface area contributed by atoms with E-state index >= 15 is 0 Å². The molecule has 4 nitrogen and oxygen atoms in total. The van der Waals surface area contributed by atoms with Gasteiger partial charge in [0.1, 0.15) is 5.82 Å². The number of anilines is 3. The summed E-state index contributed by atoms with van der Waals surface area (Å²) >= 11 is 0. The van der Waals surface area contributed by atoms with Gasteiger partial charge in [-0.15, -0.1) is 0 Å². The number of rotatable bonds is 4. The lowest BCUT2D eigenvalue weighted by molar-refractivity contribution is -0.118. The third kappa shape index (κ3) is 4.05. The van der Waals surface area contributed by atoms with Gasteiger partial charge in [0.05, 0.1) is 11.9 Å². The summed E-state index contributed by atoms with van der Waals surface area (Å²) in [7, 11) is 0. The van der Waals surface area contributed by atoms with Crippen LogP contribution in [0.2, 0.25) is 0 Å². The molecule has 0 aliphatic rings. The zero-order valence-electron chi connectivity index (χ0n) is 12.9. The number of hydrogen-bond acceptors (Lipinski definition) is 3. The third-order valence-electron chi connectivity index (χ3n) is 3.21. The Hall–Kier alpha value is -2.36. The molecule has 0 aliphatic carbocycles. The van der Waals surface area contributed by atoms with Crippen LogP contribution in [-0.2, 0) is 4.79 Å². The lowest BCUT2D eigenvalue weighted by Gasteiger charge is -2.11. The molecular weight excluding hydrogens is 262 g/mol. The van der Waals surface area contributed by atoms with Crippen molar-refractivity contribution >= 4 is 23.1 Å². The lowest BCUT2D eigenvalue weighted by Crippen LogP contribution is -2.18. The Morgan fingerprint density at radius 1 is 1.14 bits per heavy atom. The predicted molar refractivity (Wildman–Crippen MR) is 86.9 cm³/mol. The molecule has 0 bridgehead atoms. The van der Waals surface area contributed by atoms with Crippen LogP contribution in [0.3, 0.4) is 0 Å². The second-order valence-corrected chi connectivity index (χ2v) is 5.52. The largest absolute Gasteiger partial charge is 0.354 e. The average molecular weight is 283 g/mol. The maximum Gasteiger partial charge on any atom is 0.228 e. The molecule has 2 N–H and O–H groups in total. The summed E-state index contributed by atoms with van der Waals surface area (Å²) < 4.78 is 0. The zero-order chi connectivity index (χ0) is 15.4. The Morgan fingerprint density at radius 3 is 2.52 bits per heavy atom. The van der Waals surface area contributed by atoms with Crippen LogP contribution in [0.4, 0.5) is 17.2 Å². The minimum atomic E-state index is -0.0560. The second kappa shape index (κ2) is 6.39. The zero-order valence-corrected chi connectivity index (χ0v) is 12.9. The number of amides is 1. The maximum absolute atomic E-state index is 11.6. The van der Waals surface area contributed by atoms with Crippen LogP contribution in [0.5, 0.6) is 0 Å². The number of carbonyl (C=O) groups excluding carboxylic acids is 1. The molecule has 2 rings (SSSR count). The van der Waals surface area contributed by atoms with Gasteiger partial charge < -0.3 is 10.6 Å². The molecule has 21 heavy (non-hydrogen) atoms. The van der Waals surface area contributed by atoms with Crippen molar-refractivity contribution in [1.82, 2.24) is 4.98 Å². The van der Waals surface area contributed by atoms with Crippen LogP contribution in [0.15, 0.2) is 36.5 Å². The first-order valence-corrected chi connectivity index (χ1v) is 7.07. The van der Waals surface area contributed by atoms with E-state index in [-0.39, 0.29) is 11.8 Å². The molecule has 0 spiro atoms. The number of hydrogen-bond donors (Lipinski definition) is 2. The van der Waals surface area contributed by atoms with E-state index in [9.17, 15) is 4.79 Å². The molecule has 1 aromatic heterocycles. The summed E-state index contributed by atoms with van der Waals surface area (Å²) in [6.07, 6.45) is 1.72. The van der Waals surface area contributed by atoms with Crippen LogP contribution in [0.25, 0.3) is 0 Å². The number of pyridine rings is 1. The van der Waals surface area contributed by atoms with Crippen molar-refractivity contribution in [3.63, 3.8) is 0 Å². The van der Waals surface area contributed by atoms with E-state index in [1.165, 1.54) is 11.1 Å². The summed E-state index contributed by atoms with van der Waals surface area (Å²) in [6.45, 7) is 7.83. The van der Waals surface area contributed by atoms with Crippen molar-refractivity contribution in [2.24, 2.45) is 5.92 Å². The van der Waals surface area contributed by atoms with E-state index in [0.717, 1.165) is 11.4 Å². The van der Waals surface area contributed by atoms with Crippen molar-refractivity contribution in [2.45, 2.75) is 27.7 Å². The third-order valence-corrected chi connectivity index (χ3v) is 3.21. The SMILES string of the molecule is Cc1ccc(C)c(Nc2ccc(NC(=O)C(C)C)nc2)c1. The fourth-order valence-electron chi connectivity index (χ4n) is 1.84. The van der Waals surface area contributed by atoms with Crippen LogP contribution < -0.4 is 10.6 Å². The summed E-state index contributed by atoms with van der Waals surface area (Å²) in [5.74, 6) is 0.484. The quantitative estimate of drug-likeness (QED) is 0.890. The highest BCUT2D eigenvalue weighted by atomic mass is 16.1. The average Bonchev–Trinajstić information content (AvgIpc) is 2.45. The minimum absolute atomic E-state index is 0.0299. The Balaban J connectivity index is 2.09. The summed E-state index contributed by atoms with van der Waals surface area (Å²) in [5.41, 5.74) is 4.34. The van der Waals surface area contributed by atoms with Crippen molar-refractivity contribution in [3.8, 4) is 0 Å². The number of nitrogens with zero attached hydrogens (tertiary/aromatic N) is 1. The number of carbonyl (C=O) groups is 1. The van der Waals surface area contributed by atoms with E-state index < -0.39 is 0 Å². The lowest BCUT2D eigenvalue weighted by atomic mass is 10.1. The number of aryl methyl sites for hydroxylation is 2. The molecule has 0 saturated carbocycles. The van der Waals surface area contributed by atoms with Gasteiger partial charge in [-0.25, -0.2) is 4.98 Å². The molecule has 1 heterocycles. The van der Waals surface area contributed by atoms with E-state index in [0.29, 0.717) is 5.82 Å². The maximum atomic E-state index is 11.6. The van der Waals surface area contributed by atoms with E-state index in [1.54, 1.807) is 12.3 Å². The minimum Gasteiger partial charge on any atom is -0.354 e. The molecule has 0 atom stereocenters. The van der Waals surface area contributed by atoms with Crippen LogP contribution in [-0.4, -0.2) is 10.9 Å². The van der Waals surface area contributed by atoms with Gasteiger partial charge in [-0.2, -0.15) is 0 Å². The summed E-state index contributed by atoms with van der Waals surface area (Å²) in [5, 5.41) is 6.12. The number of nitrogens with one attached hydrogen (secondary N) is 2. The van der Waals surface area contributed by atoms with Gasteiger partial charge in [-0.3, -0.25) is 4.79 Å². The molecule has 1 amide bonds. The number of aromatic nitrogens is 1. The van der Waals surface area contributed by atoms with Gasteiger partial charge in [0.15, 0.2) is 0 Å². The smallest absolute Gasteiger partial charge is 0.228 e. The summed E-state index contributed by atoms with van der Waals surface area (Å²) in [6, 6.07) is 9.98. The molecule has 110 valence electrons. The van der Waals surface area contributed by atoms with Gasteiger partial charge in [0, 0.05) is 11.6 Å². The van der Waals surface area contributed by atoms with Crippen LogP contribution >= 0.6 is 0 Å². The van der Waals surface area contributed by atoms with Crippen molar-refractivity contribution in [1.29, 1.82) is 0 Å². The fraction of sp³-hybridized carbons (Fsp3) is 0.294. The first kappa shape index (κ1) is 15.0. The monoisotopic (exact) mass is 283 g/mol. The first-order chi connectivity index (χ1) is 9.95. The molecule has 0 aliphatic heterocycles. The number of benzene rings is 1. The standard InChI is InChI=1S/C17H21N3O/c1-11(2)17(21)20-16-8-7-14(10-18-16)19-15-9-12(3)5-6-13(15)4/h5-11,19H,1-4H3,(H,18,20,21). The molecule has 1 aromatic carbocycles. The van der Waals surface area contributed by atoms with Crippen molar-refractivity contribution in [2.75, 3.05) is 10.6 Å². The van der Waals surface area contributed by atoms with Crippen LogP contribution in [0.1, 0.15) is 25.0 Å². The molecular formula is C17H21N3O. The molecule has 4 heteroatoms. The summed E-state index contributed by atoms with van der Waals surface area (Å²) in [4.78, 5) is 15.9.